The molecule has 1 aromatic heterocycles. The average molecular weight is 291 g/mol. The zero-order valence-electron chi connectivity index (χ0n) is 11.3. The van der Waals surface area contributed by atoms with Gasteiger partial charge in [-0.1, -0.05) is 23.7 Å². The van der Waals surface area contributed by atoms with Crippen LogP contribution in [-0.4, -0.2) is 34.9 Å². The van der Waals surface area contributed by atoms with Gasteiger partial charge in [-0.25, -0.2) is 4.98 Å². The number of aromatic nitrogens is 2. The molecule has 20 heavy (non-hydrogen) atoms. The lowest BCUT2D eigenvalue weighted by atomic mass is 10.2. The van der Waals surface area contributed by atoms with Crippen LogP contribution in [0.2, 0.25) is 5.15 Å². The fourth-order valence-electron chi connectivity index (χ4n) is 1.76. The van der Waals surface area contributed by atoms with Crippen LogP contribution in [0.4, 0.5) is 5.69 Å². The molecule has 2 rings (SSSR count). The van der Waals surface area contributed by atoms with Crippen LogP contribution < -0.4 is 5.32 Å². The van der Waals surface area contributed by atoms with Crippen molar-refractivity contribution in [3.8, 4) is 0 Å². The Kier molecular flexibility index (Phi) is 4.65. The predicted molar refractivity (Wildman–Crippen MR) is 78.8 cm³/mol. The first-order valence-corrected chi connectivity index (χ1v) is 6.45. The van der Waals surface area contributed by atoms with Gasteiger partial charge in [-0.2, -0.15) is 0 Å². The maximum absolute atomic E-state index is 12.0. The first-order valence-electron chi connectivity index (χ1n) is 6.07. The molecule has 6 heteroatoms. The first kappa shape index (κ1) is 14.4. The van der Waals surface area contributed by atoms with Gasteiger partial charge < -0.3 is 10.2 Å². The van der Waals surface area contributed by atoms with Gasteiger partial charge >= 0.3 is 0 Å². The van der Waals surface area contributed by atoms with E-state index in [0.717, 1.165) is 17.8 Å². The highest BCUT2D eigenvalue weighted by molar-refractivity contribution is 6.29. The lowest BCUT2D eigenvalue weighted by Gasteiger charge is -2.11. The predicted octanol–water partition coefficient (Wildman–Crippen LogP) is 2.44. The average Bonchev–Trinajstić information content (AvgIpc) is 2.38. The van der Waals surface area contributed by atoms with Gasteiger partial charge in [-0.15, -0.1) is 0 Å². The van der Waals surface area contributed by atoms with Gasteiger partial charge in [-0.05, 0) is 31.8 Å². The summed E-state index contributed by atoms with van der Waals surface area (Å²) in [4.78, 5) is 21.8. The molecule has 0 aliphatic carbocycles. The molecule has 104 valence electrons. The van der Waals surface area contributed by atoms with Crippen molar-refractivity contribution in [3.05, 3.63) is 53.1 Å². The van der Waals surface area contributed by atoms with Gasteiger partial charge in [0.1, 0.15) is 10.8 Å². The van der Waals surface area contributed by atoms with E-state index in [9.17, 15) is 4.79 Å². The van der Waals surface area contributed by atoms with Crippen LogP contribution >= 0.6 is 11.6 Å². The number of nitrogens with zero attached hydrogens (tertiary/aromatic N) is 3. The van der Waals surface area contributed by atoms with Gasteiger partial charge in [0, 0.05) is 12.2 Å². The molecule has 0 spiro atoms. The second-order valence-corrected chi connectivity index (χ2v) is 5.01. The Hall–Kier alpha value is -1.98. The highest BCUT2D eigenvalue weighted by atomic mass is 35.5. The standard InChI is InChI=1S/C14H15ClN4O/c1-19(2)9-10-4-3-5-11(6-10)17-14(20)12-7-16-8-13(15)18-12/h3-8H,9H2,1-2H3,(H,17,20). The van der Waals surface area contributed by atoms with Crippen molar-refractivity contribution in [1.29, 1.82) is 0 Å². The summed E-state index contributed by atoms with van der Waals surface area (Å²) in [7, 11) is 3.99. The van der Waals surface area contributed by atoms with Gasteiger partial charge in [0.2, 0.25) is 0 Å². The first-order chi connectivity index (χ1) is 9.54. The molecule has 1 N–H and O–H groups in total. The van der Waals surface area contributed by atoms with Crippen LogP contribution in [0, 0.1) is 0 Å². The Balaban J connectivity index is 2.11. The summed E-state index contributed by atoms with van der Waals surface area (Å²) in [5.74, 6) is -0.331. The fraction of sp³-hybridized carbons (Fsp3) is 0.214. The van der Waals surface area contributed by atoms with Crippen molar-refractivity contribution >= 4 is 23.2 Å². The third-order valence-corrected chi connectivity index (χ3v) is 2.70. The third-order valence-electron chi connectivity index (χ3n) is 2.52. The van der Waals surface area contributed by atoms with Crippen molar-refractivity contribution in [3.63, 3.8) is 0 Å². The molecule has 0 radical (unpaired) electrons. The molecule has 0 atom stereocenters. The van der Waals surface area contributed by atoms with Gasteiger partial charge in [0.15, 0.2) is 0 Å². The largest absolute Gasteiger partial charge is 0.321 e. The Morgan fingerprint density at radius 2 is 2.15 bits per heavy atom. The van der Waals surface area contributed by atoms with E-state index in [1.54, 1.807) is 0 Å². The van der Waals surface area contributed by atoms with E-state index in [2.05, 4.69) is 20.2 Å². The number of halogens is 1. The Morgan fingerprint density at radius 1 is 1.35 bits per heavy atom. The molecular formula is C14H15ClN4O. The highest BCUT2D eigenvalue weighted by Crippen LogP contribution is 2.13. The molecule has 1 heterocycles. The van der Waals surface area contributed by atoms with Gasteiger partial charge in [0.25, 0.3) is 5.91 Å². The second kappa shape index (κ2) is 6.45. The number of carbonyl (C=O) groups excluding carboxylic acids is 1. The van der Waals surface area contributed by atoms with Crippen LogP contribution in [0.25, 0.3) is 0 Å². The minimum atomic E-state index is -0.331. The molecule has 2 aromatic rings. The lowest BCUT2D eigenvalue weighted by Crippen LogP contribution is -2.15. The minimum Gasteiger partial charge on any atom is -0.321 e. The third kappa shape index (κ3) is 4.01. The molecular weight excluding hydrogens is 276 g/mol. The fourth-order valence-corrected chi connectivity index (χ4v) is 1.91. The topological polar surface area (TPSA) is 58.1 Å². The van der Waals surface area contributed by atoms with Crippen LogP contribution in [0.15, 0.2) is 36.7 Å². The number of benzene rings is 1. The summed E-state index contributed by atoms with van der Waals surface area (Å²) >= 11 is 5.72. The number of amides is 1. The normalized spacial score (nSPS) is 10.6. The van der Waals surface area contributed by atoms with Crippen molar-refractivity contribution in [2.24, 2.45) is 0 Å². The Labute approximate surface area is 122 Å². The summed E-state index contributed by atoms with van der Waals surface area (Å²) in [6.07, 6.45) is 2.76. The quantitative estimate of drug-likeness (QED) is 0.940. The molecule has 0 saturated heterocycles. The van der Waals surface area contributed by atoms with E-state index in [0.29, 0.717) is 0 Å². The number of hydrogen-bond donors (Lipinski definition) is 1. The molecule has 0 bridgehead atoms. The Bertz CT molecular complexity index is 616. The molecule has 0 aliphatic rings. The zero-order valence-corrected chi connectivity index (χ0v) is 12.1. The molecule has 0 fully saturated rings. The second-order valence-electron chi connectivity index (χ2n) is 4.62. The van der Waals surface area contributed by atoms with Crippen molar-refractivity contribution < 1.29 is 4.79 Å². The summed E-state index contributed by atoms with van der Waals surface area (Å²) in [5.41, 5.74) is 2.02. The molecule has 1 aromatic carbocycles. The summed E-state index contributed by atoms with van der Waals surface area (Å²) in [6, 6.07) is 7.66. The summed E-state index contributed by atoms with van der Waals surface area (Å²) < 4.78 is 0. The summed E-state index contributed by atoms with van der Waals surface area (Å²) in [5, 5.41) is 2.97. The minimum absolute atomic E-state index is 0.190. The maximum atomic E-state index is 12.0. The van der Waals surface area contributed by atoms with E-state index >= 15 is 0 Å². The molecule has 5 nitrogen and oxygen atoms in total. The van der Waals surface area contributed by atoms with E-state index in [1.165, 1.54) is 12.4 Å². The number of rotatable bonds is 4. The maximum Gasteiger partial charge on any atom is 0.275 e. The van der Waals surface area contributed by atoms with Gasteiger partial charge in [0.05, 0.1) is 12.4 Å². The van der Waals surface area contributed by atoms with E-state index < -0.39 is 0 Å². The smallest absolute Gasteiger partial charge is 0.275 e. The van der Waals surface area contributed by atoms with Crippen molar-refractivity contribution in [2.45, 2.75) is 6.54 Å². The number of nitrogens with one attached hydrogen (secondary N) is 1. The number of hydrogen-bond acceptors (Lipinski definition) is 4. The molecule has 1 amide bonds. The summed E-state index contributed by atoms with van der Waals surface area (Å²) in [6.45, 7) is 0.806. The molecule has 0 saturated carbocycles. The highest BCUT2D eigenvalue weighted by Gasteiger charge is 2.09. The van der Waals surface area contributed by atoms with Crippen LogP contribution in [0.3, 0.4) is 0 Å². The van der Waals surface area contributed by atoms with Crippen LogP contribution in [0.5, 0.6) is 0 Å². The van der Waals surface area contributed by atoms with E-state index in [1.807, 2.05) is 38.4 Å². The zero-order chi connectivity index (χ0) is 14.5. The molecule has 0 unspecified atom stereocenters. The monoisotopic (exact) mass is 290 g/mol. The number of anilines is 1. The van der Waals surface area contributed by atoms with Crippen molar-refractivity contribution in [1.82, 2.24) is 14.9 Å². The van der Waals surface area contributed by atoms with E-state index in [4.69, 9.17) is 11.6 Å². The van der Waals surface area contributed by atoms with Gasteiger partial charge in [-0.3, -0.25) is 9.78 Å². The van der Waals surface area contributed by atoms with Crippen molar-refractivity contribution in [2.75, 3.05) is 19.4 Å². The van der Waals surface area contributed by atoms with Crippen LogP contribution in [-0.2, 0) is 6.54 Å². The lowest BCUT2D eigenvalue weighted by molar-refractivity contribution is 0.102. The SMILES string of the molecule is CN(C)Cc1cccc(NC(=O)c2cncc(Cl)n2)c1. The van der Waals surface area contributed by atoms with E-state index in [-0.39, 0.29) is 16.8 Å². The number of carbonyl (C=O) groups is 1. The van der Waals surface area contributed by atoms with Crippen LogP contribution in [0.1, 0.15) is 16.1 Å². The Morgan fingerprint density at radius 3 is 2.85 bits per heavy atom. The molecule has 0 aliphatic heterocycles.